The molecule has 0 spiro atoms. The first kappa shape index (κ1) is 19.7. The van der Waals surface area contributed by atoms with E-state index in [1.807, 2.05) is 0 Å². The van der Waals surface area contributed by atoms with Crippen LogP contribution in [-0.2, 0) is 0 Å². The quantitative estimate of drug-likeness (QED) is 0.420. The van der Waals surface area contributed by atoms with Gasteiger partial charge in [-0.25, -0.2) is 0 Å². The van der Waals surface area contributed by atoms with Gasteiger partial charge in [-0.3, -0.25) is 0 Å². The Hall–Kier alpha value is -2.64. The summed E-state index contributed by atoms with van der Waals surface area (Å²) < 4.78 is 0. The number of allylic oxidation sites excluding steroid dienone is 4. The molecule has 0 radical (unpaired) electrons. The van der Waals surface area contributed by atoms with Gasteiger partial charge in [-0.1, -0.05) is 119 Å². The standard InChI is InChI=1S/C28H30Si/c1-20-16-21(2)18-27(17-20)29(25-12-8-6-9-13-25,26-14-10-7-11-15-26)28-23(4)19-22(3)24(28)5/h6-19,23H,1-5H3. The molecule has 0 saturated carbocycles. The van der Waals surface area contributed by atoms with E-state index in [-0.39, 0.29) is 0 Å². The van der Waals surface area contributed by atoms with Crippen LogP contribution in [0.25, 0.3) is 0 Å². The number of hydrogen-bond donors (Lipinski definition) is 0. The summed E-state index contributed by atoms with van der Waals surface area (Å²) >= 11 is 0. The molecule has 1 unspecified atom stereocenters. The van der Waals surface area contributed by atoms with Crippen LogP contribution < -0.4 is 15.6 Å². The highest BCUT2D eigenvalue weighted by molar-refractivity contribution is 7.16. The molecule has 3 aromatic carbocycles. The Morgan fingerprint density at radius 3 is 1.52 bits per heavy atom. The molecular formula is C28H30Si. The van der Waals surface area contributed by atoms with Crippen molar-refractivity contribution in [3.8, 4) is 0 Å². The van der Waals surface area contributed by atoms with Crippen LogP contribution in [-0.4, -0.2) is 8.07 Å². The van der Waals surface area contributed by atoms with Crippen molar-refractivity contribution in [2.24, 2.45) is 5.92 Å². The van der Waals surface area contributed by atoms with Crippen molar-refractivity contribution in [3.63, 3.8) is 0 Å². The molecule has 0 saturated heterocycles. The lowest BCUT2D eigenvalue weighted by Crippen LogP contribution is -2.69. The highest BCUT2D eigenvalue weighted by atomic mass is 28.3. The first-order chi connectivity index (χ1) is 13.9. The lowest BCUT2D eigenvalue weighted by atomic mass is 10.2. The smallest absolute Gasteiger partial charge is 0.0748 e. The van der Waals surface area contributed by atoms with E-state index in [4.69, 9.17) is 0 Å². The molecule has 0 aliphatic heterocycles. The van der Waals surface area contributed by atoms with Crippen molar-refractivity contribution >= 4 is 23.6 Å². The average Bonchev–Trinajstić information content (AvgIpc) is 2.96. The lowest BCUT2D eigenvalue weighted by molar-refractivity contribution is 0.922. The average molecular weight is 395 g/mol. The molecule has 1 aliphatic rings. The third-order valence-electron chi connectivity index (χ3n) is 6.42. The van der Waals surface area contributed by atoms with E-state index in [1.165, 1.54) is 37.8 Å². The van der Waals surface area contributed by atoms with Crippen LogP contribution in [0.5, 0.6) is 0 Å². The van der Waals surface area contributed by atoms with E-state index in [0.717, 1.165) is 0 Å². The van der Waals surface area contributed by atoms with Gasteiger partial charge in [0, 0.05) is 0 Å². The Balaban J connectivity index is 2.19. The molecule has 146 valence electrons. The van der Waals surface area contributed by atoms with Crippen LogP contribution in [0.2, 0.25) is 0 Å². The second-order valence-corrected chi connectivity index (χ2v) is 12.3. The summed E-state index contributed by atoms with van der Waals surface area (Å²) in [6.07, 6.45) is 2.46. The fourth-order valence-corrected chi connectivity index (χ4v) is 11.0. The van der Waals surface area contributed by atoms with Crippen LogP contribution in [0.1, 0.15) is 31.9 Å². The Labute approximate surface area is 176 Å². The number of rotatable bonds is 4. The minimum Gasteiger partial charge on any atom is -0.0748 e. The largest absolute Gasteiger partial charge is 0.176 e. The normalized spacial score (nSPS) is 16.9. The molecule has 0 fully saturated rings. The zero-order valence-electron chi connectivity index (χ0n) is 18.2. The second-order valence-electron chi connectivity index (χ2n) is 8.54. The maximum absolute atomic E-state index is 2.46. The summed E-state index contributed by atoms with van der Waals surface area (Å²) in [5.74, 6) is 0.447. The van der Waals surface area contributed by atoms with Crippen LogP contribution in [0, 0.1) is 19.8 Å². The van der Waals surface area contributed by atoms with Gasteiger partial charge < -0.3 is 0 Å². The Kier molecular flexibility index (Phi) is 5.18. The molecule has 29 heavy (non-hydrogen) atoms. The van der Waals surface area contributed by atoms with E-state index >= 15 is 0 Å². The van der Waals surface area contributed by atoms with E-state index in [2.05, 4.69) is 120 Å². The van der Waals surface area contributed by atoms with Gasteiger partial charge in [0.25, 0.3) is 0 Å². The fourth-order valence-electron chi connectivity index (χ4n) is 5.29. The van der Waals surface area contributed by atoms with Crippen LogP contribution in [0.3, 0.4) is 0 Å². The topological polar surface area (TPSA) is 0 Å². The zero-order valence-corrected chi connectivity index (χ0v) is 19.2. The monoisotopic (exact) mass is 394 g/mol. The Morgan fingerprint density at radius 2 is 1.10 bits per heavy atom. The Morgan fingerprint density at radius 1 is 0.621 bits per heavy atom. The predicted octanol–water partition coefficient (Wildman–Crippen LogP) is 5.23. The van der Waals surface area contributed by atoms with Crippen molar-refractivity contribution in [3.05, 3.63) is 112 Å². The molecule has 1 heteroatoms. The van der Waals surface area contributed by atoms with Crippen molar-refractivity contribution < 1.29 is 0 Å². The maximum Gasteiger partial charge on any atom is 0.176 e. The van der Waals surface area contributed by atoms with Gasteiger partial charge in [0.05, 0.1) is 0 Å². The van der Waals surface area contributed by atoms with Gasteiger partial charge in [-0.2, -0.15) is 0 Å². The third-order valence-corrected chi connectivity index (χ3v) is 11.6. The second kappa shape index (κ2) is 7.65. The van der Waals surface area contributed by atoms with E-state index in [9.17, 15) is 0 Å². The lowest BCUT2D eigenvalue weighted by Gasteiger charge is -2.38. The number of benzene rings is 3. The molecule has 0 N–H and O–H groups in total. The summed E-state index contributed by atoms with van der Waals surface area (Å²) in [6, 6.07) is 29.7. The predicted molar refractivity (Wildman–Crippen MR) is 129 cm³/mol. The molecule has 0 heterocycles. The maximum atomic E-state index is 2.46. The van der Waals surface area contributed by atoms with E-state index in [0.29, 0.717) is 5.92 Å². The van der Waals surface area contributed by atoms with Crippen LogP contribution in [0.4, 0.5) is 0 Å². The molecule has 0 amide bonds. The molecule has 0 bridgehead atoms. The summed E-state index contributed by atoms with van der Waals surface area (Å²) in [6.45, 7) is 11.4. The first-order valence-electron chi connectivity index (χ1n) is 10.5. The third kappa shape index (κ3) is 3.24. The van der Waals surface area contributed by atoms with Gasteiger partial charge in [0.1, 0.15) is 0 Å². The van der Waals surface area contributed by atoms with Crippen molar-refractivity contribution in [2.45, 2.75) is 34.6 Å². The van der Waals surface area contributed by atoms with Crippen molar-refractivity contribution in [2.75, 3.05) is 0 Å². The van der Waals surface area contributed by atoms with Crippen molar-refractivity contribution in [1.29, 1.82) is 0 Å². The summed E-state index contributed by atoms with van der Waals surface area (Å²) in [5.41, 5.74) is 5.60. The summed E-state index contributed by atoms with van der Waals surface area (Å²) in [7, 11) is -2.39. The highest BCUT2D eigenvalue weighted by Gasteiger charge is 2.46. The first-order valence-corrected chi connectivity index (χ1v) is 12.5. The van der Waals surface area contributed by atoms with Gasteiger partial charge >= 0.3 is 0 Å². The molecule has 1 atom stereocenters. The number of hydrogen-bond acceptors (Lipinski definition) is 0. The minimum absolute atomic E-state index is 0.447. The summed E-state index contributed by atoms with van der Waals surface area (Å²) in [4.78, 5) is 0. The van der Waals surface area contributed by atoms with Gasteiger partial charge in [0.2, 0.25) is 0 Å². The molecular weight excluding hydrogens is 364 g/mol. The molecule has 0 aromatic heterocycles. The van der Waals surface area contributed by atoms with E-state index in [1.54, 1.807) is 5.20 Å². The van der Waals surface area contributed by atoms with Gasteiger partial charge in [-0.05, 0) is 49.2 Å². The Bertz CT molecular complexity index is 1030. The van der Waals surface area contributed by atoms with Crippen molar-refractivity contribution in [1.82, 2.24) is 0 Å². The van der Waals surface area contributed by atoms with Gasteiger partial charge in [0.15, 0.2) is 8.07 Å². The molecule has 3 aromatic rings. The fraction of sp³-hybridized carbons (Fsp3) is 0.214. The molecule has 0 nitrogen and oxygen atoms in total. The summed E-state index contributed by atoms with van der Waals surface area (Å²) in [5, 5.41) is 6.08. The molecule has 1 aliphatic carbocycles. The SMILES string of the molecule is CC1=CC(C)C([Si](c2ccccc2)(c2ccccc2)c2cc(C)cc(C)c2)=C1C. The zero-order chi connectivity index (χ0) is 20.6. The number of aryl methyl sites for hydroxylation is 2. The van der Waals surface area contributed by atoms with E-state index < -0.39 is 8.07 Å². The van der Waals surface area contributed by atoms with Crippen LogP contribution in [0.15, 0.2) is 101 Å². The van der Waals surface area contributed by atoms with Crippen LogP contribution >= 0.6 is 0 Å². The van der Waals surface area contributed by atoms with Gasteiger partial charge in [-0.15, -0.1) is 0 Å². The molecule has 4 rings (SSSR count). The minimum atomic E-state index is -2.39. The highest BCUT2D eigenvalue weighted by Crippen LogP contribution is 2.36.